The number of anilines is 2. The van der Waals surface area contributed by atoms with Gasteiger partial charge >= 0.3 is 0 Å². The summed E-state index contributed by atoms with van der Waals surface area (Å²) >= 11 is 0. The van der Waals surface area contributed by atoms with Crippen molar-refractivity contribution >= 4 is 29.1 Å². The van der Waals surface area contributed by atoms with Gasteiger partial charge in [-0.25, -0.2) is 0 Å². The minimum atomic E-state index is -0.360. The highest BCUT2D eigenvalue weighted by atomic mass is 16.5. The van der Waals surface area contributed by atoms with Gasteiger partial charge < -0.3 is 25.0 Å². The number of nitrogens with one attached hydrogen (secondary N) is 2. The Bertz CT molecular complexity index is 1100. The first-order valence-corrected chi connectivity index (χ1v) is 12.9. The summed E-state index contributed by atoms with van der Waals surface area (Å²) in [5.74, 6) is -0.232. The number of morpholine rings is 1. The van der Waals surface area contributed by atoms with Gasteiger partial charge in [0.05, 0.1) is 19.1 Å². The van der Waals surface area contributed by atoms with Crippen molar-refractivity contribution in [1.82, 2.24) is 10.2 Å². The maximum atomic E-state index is 12.6. The molecule has 2 heterocycles. The van der Waals surface area contributed by atoms with Gasteiger partial charge in [0.1, 0.15) is 5.75 Å². The van der Waals surface area contributed by atoms with Crippen molar-refractivity contribution in [2.24, 2.45) is 5.92 Å². The van der Waals surface area contributed by atoms with Crippen LogP contribution in [-0.4, -0.2) is 75.2 Å². The Morgan fingerprint density at radius 2 is 1.81 bits per heavy atom. The number of hydrogen-bond acceptors (Lipinski definition) is 6. The number of carbonyl (C=O) groups is 3. The van der Waals surface area contributed by atoms with Crippen LogP contribution in [0, 0.1) is 19.8 Å². The first-order valence-electron chi connectivity index (χ1n) is 12.9. The van der Waals surface area contributed by atoms with E-state index in [4.69, 9.17) is 9.47 Å². The molecular formula is C28H36N4O5. The molecule has 3 amide bonds. The van der Waals surface area contributed by atoms with Gasteiger partial charge in [0.25, 0.3) is 5.91 Å². The van der Waals surface area contributed by atoms with Crippen LogP contribution in [0.1, 0.15) is 24.0 Å². The summed E-state index contributed by atoms with van der Waals surface area (Å²) in [6.07, 6.45) is 1.08. The summed E-state index contributed by atoms with van der Waals surface area (Å²) < 4.78 is 11.0. The van der Waals surface area contributed by atoms with Gasteiger partial charge in [0, 0.05) is 44.0 Å². The minimum Gasteiger partial charge on any atom is -0.484 e. The third kappa shape index (κ3) is 7.53. The highest BCUT2D eigenvalue weighted by Crippen LogP contribution is 2.27. The average Bonchev–Trinajstić information content (AvgIpc) is 3.30. The second-order valence-corrected chi connectivity index (χ2v) is 9.63. The third-order valence-corrected chi connectivity index (χ3v) is 6.86. The second kappa shape index (κ2) is 12.7. The van der Waals surface area contributed by atoms with Crippen molar-refractivity contribution in [3.63, 3.8) is 0 Å². The maximum absolute atomic E-state index is 12.6. The van der Waals surface area contributed by atoms with Crippen LogP contribution in [0.3, 0.4) is 0 Å². The standard InChI is InChI=1S/C28H36N4O5/c1-20-4-5-23(16-21(20)2)30-26(33)19-37-25-8-6-24(7-9-25)32-18-22(17-27(32)34)28(35)29-10-3-11-31-12-14-36-15-13-31/h4-9,16,22H,3,10-15,17-19H2,1-2H3,(H,29,35)(H,30,33)/t22-/m1/s1. The summed E-state index contributed by atoms with van der Waals surface area (Å²) in [4.78, 5) is 41.4. The van der Waals surface area contributed by atoms with Crippen LogP contribution >= 0.6 is 0 Å². The lowest BCUT2D eigenvalue weighted by Gasteiger charge is -2.26. The van der Waals surface area contributed by atoms with E-state index >= 15 is 0 Å². The highest BCUT2D eigenvalue weighted by Gasteiger charge is 2.35. The minimum absolute atomic E-state index is 0.0742. The topological polar surface area (TPSA) is 100 Å². The summed E-state index contributed by atoms with van der Waals surface area (Å²) in [6.45, 7) is 9.18. The van der Waals surface area contributed by atoms with E-state index in [0.29, 0.717) is 24.5 Å². The van der Waals surface area contributed by atoms with Gasteiger partial charge in [0.2, 0.25) is 11.8 Å². The van der Waals surface area contributed by atoms with Crippen molar-refractivity contribution in [2.45, 2.75) is 26.7 Å². The summed E-state index contributed by atoms with van der Waals surface area (Å²) in [5, 5.41) is 5.81. The SMILES string of the molecule is Cc1ccc(NC(=O)COc2ccc(N3C[C@H](C(=O)NCCCN4CCOCC4)CC3=O)cc2)cc1C. The summed E-state index contributed by atoms with van der Waals surface area (Å²) in [6, 6.07) is 12.8. The maximum Gasteiger partial charge on any atom is 0.262 e. The smallest absolute Gasteiger partial charge is 0.262 e. The molecule has 37 heavy (non-hydrogen) atoms. The monoisotopic (exact) mass is 508 g/mol. The molecule has 0 bridgehead atoms. The van der Waals surface area contributed by atoms with Gasteiger partial charge in [0.15, 0.2) is 6.61 Å². The fourth-order valence-corrected chi connectivity index (χ4v) is 4.50. The predicted molar refractivity (Wildman–Crippen MR) is 142 cm³/mol. The van der Waals surface area contributed by atoms with E-state index in [1.807, 2.05) is 32.0 Å². The highest BCUT2D eigenvalue weighted by molar-refractivity contribution is 6.00. The third-order valence-electron chi connectivity index (χ3n) is 6.86. The van der Waals surface area contributed by atoms with E-state index in [0.717, 1.165) is 56.1 Å². The summed E-state index contributed by atoms with van der Waals surface area (Å²) in [5.41, 5.74) is 3.71. The number of carbonyl (C=O) groups excluding carboxylic acids is 3. The molecule has 1 atom stereocenters. The first-order chi connectivity index (χ1) is 17.9. The van der Waals surface area contributed by atoms with E-state index in [1.54, 1.807) is 29.2 Å². The zero-order chi connectivity index (χ0) is 26.2. The van der Waals surface area contributed by atoms with Gasteiger partial charge in [-0.1, -0.05) is 6.07 Å². The molecule has 2 aromatic carbocycles. The number of nitrogens with zero attached hydrogens (tertiary/aromatic N) is 2. The van der Waals surface area contributed by atoms with Crippen molar-refractivity contribution in [2.75, 3.05) is 62.8 Å². The molecule has 2 aliphatic heterocycles. The Morgan fingerprint density at radius 3 is 2.54 bits per heavy atom. The Labute approximate surface area is 218 Å². The first kappa shape index (κ1) is 26.6. The number of aryl methyl sites for hydroxylation is 2. The number of hydrogen-bond donors (Lipinski definition) is 2. The van der Waals surface area contributed by atoms with E-state index in [2.05, 4.69) is 15.5 Å². The molecule has 4 rings (SSSR count). The van der Waals surface area contributed by atoms with Crippen LogP contribution < -0.4 is 20.3 Å². The molecule has 2 fully saturated rings. The van der Waals surface area contributed by atoms with Crippen molar-refractivity contribution in [3.8, 4) is 5.75 Å². The van der Waals surface area contributed by atoms with Crippen LogP contribution in [-0.2, 0) is 19.1 Å². The predicted octanol–water partition coefficient (Wildman–Crippen LogP) is 2.51. The molecule has 9 nitrogen and oxygen atoms in total. The van der Waals surface area contributed by atoms with E-state index in [9.17, 15) is 14.4 Å². The molecule has 2 N–H and O–H groups in total. The molecule has 2 aromatic rings. The Morgan fingerprint density at radius 1 is 1.05 bits per heavy atom. The Balaban J connectivity index is 1.19. The molecular weight excluding hydrogens is 472 g/mol. The average molecular weight is 509 g/mol. The lowest BCUT2D eigenvalue weighted by atomic mass is 10.1. The fourth-order valence-electron chi connectivity index (χ4n) is 4.50. The van der Waals surface area contributed by atoms with Gasteiger partial charge in [-0.05, 0) is 74.3 Å². The molecule has 0 aromatic heterocycles. The van der Waals surface area contributed by atoms with Crippen LogP contribution in [0.15, 0.2) is 42.5 Å². The normalized spacial score (nSPS) is 18.1. The zero-order valence-corrected chi connectivity index (χ0v) is 21.6. The lowest BCUT2D eigenvalue weighted by molar-refractivity contribution is -0.126. The molecule has 0 unspecified atom stereocenters. The molecule has 0 radical (unpaired) electrons. The van der Waals surface area contributed by atoms with Gasteiger partial charge in [-0.3, -0.25) is 19.3 Å². The Kier molecular flexibility index (Phi) is 9.14. The van der Waals surface area contributed by atoms with Crippen LogP contribution in [0.4, 0.5) is 11.4 Å². The molecule has 0 saturated carbocycles. The quantitative estimate of drug-likeness (QED) is 0.479. The van der Waals surface area contributed by atoms with Crippen molar-refractivity contribution in [3.05, 3.63) is 53.6 Å². The largest absolute Gasteiger partial charge is 0.484 e. The van der Waals surface area contributed by atoms with Crippen molar-refractivity contribution < 1.29 is 23.9 Å². The molecule has 2 saturated heterocycles. The van der Waals surface area contributed by atoms with Crippen LogP contribution in [0.2, 0.25) is 0 Å². The van der Waals surface area contributed by atoms with Gasteiger partial charge in [-0.15, -0.1) is 0 Å². The molecule has 0 aliphatic carbocycles. The molecule has 2 aliphatic rings. The lowest BCUT2D eigenvalue weighted by Crippen LogP contribution is -2.39. The number of amides is 3. The van der Waals surface area contributed by atoms with Crippen LogP contribution in [0.25, 0.3) is 0 Å². The molecule has 0 spiro atoms. The van der Waals surface area contributed by atoms with Crippen molar-refractivity contribution in [1.29, 1.82) is 0 Å². The van der Waals surface area contributed by atoms with E-state index in [-0.39, 0.29) is 36.7 Å². The second-order valence-electron chi connectivity index (χ2n) is 9.63. The van der Waals surface area contributed by atoms with E-state index < -0.39 is 0 Å². The number of ether oxygens (including phenoxy) is 2. The fraction of sp³-hybridized carbons (Fsp3) is 0.464. The van der Waals surface area contributed by atoms with E-state index in [1.165, 1.54) is 0 Å². The van der Waals surface area contributed by atoms with Gasteiger partial charge in [-0.2, -0.15) is 0 Å². The van der Waals surface area contributed by atoms with Crippen LogP contribution in [0.5, 0.6) is 5.75 Å². The number of benzene rings is 2. The molecule has 9 heteroatoms. The zero-order valence-electron chi connectivity index (χ0n) is 21.6. The Hall–Kier alpha value is -3.43. The summed E-state index contributed by atoms with van der Waals surface area (Å²) in [7, 11) is 0. The molecule has 198 valence electrons. The number of rotatable bonds is 10.